The van der Waals surface area contributed by atoms with Crippen LogP contribution in [0.2, 0.25) is 0 Å². The second-order valence-electron chi connectivity index (χ2n) is 3.02. The van der Waals surface area contributed by atoms with Crippen molar-refractivity contribution in [3.05, 3.63) is 0 Å². The van der Waals surface area contributed by atoms with Crippen LogP contribution in [0, 0.1) is 0 Å². The quantitative estimate of drug-likeness (QED) is 0.258. The molecule has 0 aromatic heterocycles. The normalized spacial score (nSPS) is 15.2. The van der Waals surface area contributed by atoms with Crippen molar-refractivity contribution in [2.75, 3.05) is 13.2 Å². The summed E-state index contributed by atoms with van der Waals surface area (Å²) in [6.45, 7) is 0.736. The molecule has 0 aliphatic carbocycles. The molecule has 0 saturated heterocycles. The first-order chi connectivity index (χ1) is 7.29. The van der Waals surface area contributed by atoms with Gasteiger partial charge in [-0.2, -0.15) is 0 Å². The van der Waals surface area contributed by atoms with E-state index in [1.807, 2.05) is 0 Å². The Kier molecular flexibility index (Phi) is 9.99. The van der Waals surface area contributed by atoms with Crippen LogP contribution in [0.1, 0.15) is 19.3 Å². The van der Waals surface area contributed by atoms with Gasteiger partial charge < -0.3 is 9.68 Å². The number of hydrogen-bond acceptors (Lipinski definition) is 8. The summed E-state index contributed by atoms with van der Waals surface area (Å²) >= 11 is 0. The van der Waals surface area contributed by atoms with Crippen molar-refractivity contribution in [1.82, 2.24) is 0 Å². The average Bonchev–Trinajstić information content (AvgIpc) is 2.27. The Labute approximate surface area is 88.6 Å². The van der Waals surface area contributed by atoms with Gasteiger partial charge in [0.15, 0.2) is 0 Å². The zero-order valence-electron chi connectivity index (χ0n) is 8.63. The maximum Gasteiger partial charge on any atom is 0.109 e. The van der Waals surface area contributed by atoms with Crippen molar-refractivity contribution in [3.8, 4) is 0 Å². The Morgan fingerprint density at radius 3 is 1.73 bits per heavy atom. The van der Waals surface area contributed by atoms with E-state index in [2.05, 4.69) is 9.68 Å². The molecule has 2 unspecified atom stereocenters. The van der Waals surface area contributed by atoms with Crippen LogP contribution in [0.5, 0.6) is 0 Å². The fraction of sp³-hybridized carbons (Fsp3) is 1.00. The fourth-order valence-corrected chi connectivity index (χ4v) is 1.24. The molecule has 0 bridgehead atoms. The average molecular weight is 224 g/mol. The molecule has 15 heavy (non-hydrogen) atoms. The second-order valence-corrected chi connectivity index (χ2v) is 3.02. The van der Waals surface area contributed by atoms with Crippen LogP contribution < -0.4 is 23.6 Å². The van der Waals surface area contributed by atoms with Gasteiger partial charge in [-0.25, -0.2) is 23.6 Å². The topological polar surface area (TPSA) is 141 Å². The summed E-state index contributed by atoms with van der Waals surface area (Å²) in [5.74, 6) is 20.0. The minimum Gasteiger partial charge on any atom is -0.305 e. The van der Waals surface area contributed by atoms with E-state index >= 15 is 0 Å². The summed E-state index contributed by atoms with van der Waals surface area (Å²) in [6.07, 6.45) is 1.12. The predicted molar refractivity (Wildman–Crippen MR) is 52.3 cm³/mol. The lowest BCUT2D eigenvalue weighted by Crippen LogP contribution is -2.37. The van der Waals surface area contributed by atoms with Crippen molar-refractivity contribution in [1.29, 1.82) is 0 Å². The molecule has 2 atom stereocenters. The van der Waals surface area contributed by atoms with Crippen LogP contribution in [0.4, 0.5) is 0 Å². The first-order valence-corrected chi connectivity index (χ1v) is 4.64. The molecule has 92 valence electrons. The van der Waals surface area contributed by atoms with Gasteiger partial charge in [0.05, 0.1) is 13.2 Å². The van der Waals surface area contributed by atoms with Gasteiger partial charge in [0.1, 0.15) is 12.2 Å². The molecule has 0 amide bonds. The molecule has 8 heteroatoms. The minimum absolute atomic E-state index is 0.315. The highest BCUT2D eigenvalue weighted by atomic mass is 16.7. The van der Waals surface area contributed by atoms with E-state index in [-0.39, 0.29) is 12.2 Å². The van der Waals surface area contributed by atoms with E-state index in [4.69, 9.17) is 33.3 Å². The Morgan fingerprint density at radius 2 is 1.27 bits per heavy atom. The summed E-state index contributed by atoms with van der Waals surface area (Å²) < 4.78 is 0. The van der Waals surface area contributed by atoms with E-state index in [0.29, 0.717) is 32.5 Å². The summed E-state index contributed by atoms with van der Waals surface area (Å²) in [7, 11) is 0. The van der Waals surface area contributed by atoms with Crippen molar-refractivity contribution in [3.63, 3.8) is 0 Å². The maximum atomic E-state index is 5.12. The molecule has 0 aliphatic heterocycles. The lowest BCUT2D eigenvalue weighted by Gasteiger charge is -2.22. The van der Waals surface area contributed by atoms with Crippen LogP contribution in [-0.2, 0) is 19.4 Å². The molecule has 0 radical (unpaired) electrons. The van der Waals surface area contributed by atoms with Crippen molar-refractivity contribution >= 4 is 0 Å². The Morgan fingerprint density at radius 1 is 0.733 bits per heavy atom. The maximum absolute atomic E-state index is 5.12. The van der Waals surface area contributed by atoms with Gasteiger partial charge in [-0.15, -0.1) is 0 Å². The zero-order valence-corrected chi connectivity index (χ0v) is 8.63. The van der Waals surface area contributed by atoms with Crippen LogP contribution in [0.3, 0.4) is 0 Å². The summed E-state index contributed by atoms with van der Waals surface area (Å²) in [5, 5.41) is 0. The highest BCUT2D eigenvalue weighted by Crippen LogP contribution is 2.11. The van der Waals surface area contributed by atoms with Crippen LogP contribution >= 0.6 is 0 Å². The van der Waals surface area contributed by atoms with E-state index in [1.165, 1.54) is 0 Å². The Balaban J connectivity index is 3.85. The van der Waals surface area contributed by atoms with Gasteiger partial charge >= 0.3 is 0 Å². The molecule has 0 spiro atoms. The first kappa shape index (κ1) is 14.7. The number of nitrogens with two attached hydrogens (primary N) is 4. The summed E-state index contributed by atoms with van der Waals surface area (Å²) in [4.78, 5) is 18.3. The monoisotopic (exact) mass is 224 g/mol. The molecule has 0 aromatic rings. The molecule has 8 N–H and O–H groups in total. The van der Waals surface area contributed by atoms with Crippen molar-refractivity contribution in [2.24, 2.45) is 23.6 Å². The van der Waals surface area contributed by atoms with E-state index in [0.717, 1.165) is 0 Å². The largest absolute Gasteiger partial charge is 0.305 e. The summed E-state index contributed by atoms with van der Waals surface area (Å²) in [6, 6.07) is 0. The molecule has 0 saturated carbocycles. The van der Waals surface area contributed by atoms with Crippen LogP contribution in [0.15, 0.2) is 0 Å². The summed E-state index contributed by atoms with van der Waals surface area (Å²) in [5.41, 5.74) is 0. The van der Waals surface area contributed by atoms with Gasteiger partial charge in [0, 0.05) is 6.42 Å². The molecule has 0 aliphatic rings. The Hall–Kier alpha value is -0.320. The van der Waals surface area contributed by atoms with Gasteiger partial charge in [-0.3, -0.25) is 9.68 Å². The highest BCUT2D eigenvalue weighted by molar-refractivity contribution is 4.69. The smallest absolute Gasteiger partial charge is 0.109 e. The third-order valence-corrected chi connectivity index (χ3v) is 2.04. The lowest BCUT2D eigenvalue weighted by atomic mass is 10.1. The SMILES string of the molecule is NOCCCC(ON)C(CCON)ON. The number of hydrogen-bond donors (Lipinski definition) is 4. The van der Waals surface area contributed by atoms with Gasteiger partial charge in [0.2, 0.25) is 0 Å². The standard InChI is InChI=1S/C7H20N4O4/c8-12-4-1-2-6(14-10)7(15-11)3-5-13-9/h6-7H,1-5,8-11H2. The van der Waals surface area contributed by atoms with Crippen LogP contribution in [-0.4, -0.2) is 25.4 Å². The van der Waals surface area contributed by atoms with Crippen molar-refractivity contribution < 1.29 is 19.4 Å². The molecular formula is C7H20N4O4. The van der Waals surface area contributed by atoms with Crippen molar-refractivity contribution in [2.45, 2.75) is 31.5 Å². The van der Waals surface area contributed by atoms with E-state index in [1.54, 1.807) is 0 Å². The van der Waals surface area contributed by atoms with E-state index in [9.17, 15) is 0 Å². The van der Waals surface area contributed by atoms with E-state index < -0.39 is 0 Å². The molecule has 0 fully saturated rings. The lowest BCUT2D eigenvalue weighted by molar-refractivity contribution is -0.0927. The first-order valence-electron chi connectivity index (χ1n) is 4.64. The fourth-order valence-electron chi connectivity index (χ4n) is 1.24. The molecule has 0 aromatic carbocycles. The van der Waals surface area contributed by atoms with Gasteiger partial charge in [-0.1, -0.05) is 0 Å². The third kappa shape index (κ3) is 6.71. The van der Waals surface area contributed by atoms with Gasteiger partial charge in [-0.05, 0) is 12.8 Å². The van der Waals surface area contributed by atoms with Crippen LogP contribution in [0.25, 0.3) is 0 Å². The minimum atomic E-state index is -0.365. The zero-order chi connectivity index (χ0) is 11.5. The molecule has 0 heterocycles. The Bertz CT molecular complexity index is 140. The third-order valence-electron chi connectivity index (χ3n) is 2.04. The highest BCUT2D eigenvalue weighted by Gasteiger charge is 2.21. The van der Waals surface area contributed by atoms with Gasteiger partial charge in [0.25, 0.3) is 0 Å². The molecule has 8 nitrogen and oxygen atoms in total. The number of rotatable bonds is 10. The predicted octanol–water partition coefficient (Wildman–Crippen LogP) is -1.54. The second kappa shape index (κ2) is 10.2. The molecular weight excluding hydrogens is 204 g/mol. The molecule has 0 rings (SSSR count).